The first-order chi connectivity index (χ1) is 10.6. The summed E-state index contributed by atoms with van der Waals surface area (Å²) in [5, 5.41) is 7.86. The monoisotopic (exact) mass is 318 g/mol. The number of rotatable bonds is 6. The number of esters is 1. The fraction of sp³-hybridized carbons (Fsp3) is 0.250. The van der Waals surface area contributed by atoms with Crippen LogP contribution in [0.5, 0.6) is 0 Å². The van der Waals surface area contributed by atoms with Gasteiger partial charge in [0, 0.05) is 10.6 Å². The minimum absolute atomic E-state index is 0.101. The number of thiophene rings is 1. The molecule has 1 aromatic carbocycles. The number of hydrogen-bond acceptors (Lipinski definition) is 5. The summed E-state index contributed by atoms with van der Waals surface area (Å²) in [7, 11) is 1.35. The van der Waals surface area contributed by atoms with E-state index < -0.39 is 0 Å². The van der Waals surface area contributed by atoms with Gasteiger partial charge < -0.3 is 15.4 Å². The predicted octanol–water partition coefficient (Wildman–Crippen LogP) is 2.57. The third kappa shape index (κ3) is 4.08. The lowest BCUT2D eigenvalue weighted by molar-refractivity contribution is -0.119. The van der Waals surface area contributed by atoms with Crippen LogP contribution >= 0.6 is 11.3 Å². The van der Waals surface area contributed by atoms with E-state index in [0.29, 0.717) is 12.1 Å². The summed E-state index contributed by atoms with van der Waals surface area (Å²) in [6.45, 7) is 2.49. The highest BCUT2D eigenvalue weighted by Crippen LogP contribution is 2.19. The molecule has 0 aliphatic heterocycles. The molecular formula is C16H18N2O3S. The van der Waals surface area contributed by atoms with Gasteiger partial charge in [0.05, 0.1) is 25.8 Å². The van der Waals surface area contributed by atoms with Crippen LogP contribution in [0.1, 0.15) is 20.8 Å². The highest BCUT2D eigenvalue weighted by atomic mass is 32.1. The summed E-state index contributed by atoms with van der Waals surface area (Å²) in [6, 6.07) is 9.21. The Morgan fingerprint density at radius 3 is 2.73 bits per heavy atom. The molecule has 0 spiro atoms. The van der Waals surface area contributed by atoms with E-state index in [-0.39, 0.29) is 18.4 Å². The number of benzene rings is 1. The molecule has 0 unspecified atom stereocenters. The molecule has 0 aliphatic carbocycles. The zero-order valence-corrected chi connectivity index (χ0v) is 13.3. The van der Waals surface area contributed by atoms with Crippen molar-refractivity contribution in [3.8, 4) is 0 Å². The first kappa shape index (κ1) is 16.0. The molecule has 6 heteroatoms. The summed E-state index contributed by atoms with van der Waals surface area (Å²) < 4.78 is 4.73. The second-order valence-corrected chi connectivity index (χ2v) is 5.71. The van der Waals surface area contributed by atoms with E-state index in [1.165, 1.54) is 7.11 Å². The minimum Gasteiger partial charge on any atom is -0.465 e. The van der Waals surface area contributed by atoms with Gasteiger partial charge in [-0.05, 0) is 36.1 Å². The lowest BCUT2D eigenvalue weighted by Gasteiger charge is -2.12. The summed E-state index contributed by atoms with van der Waals surface area (Å²) in [5.41, 5.74) is 2.00. The fourth-order valence-corrected chi connectivity index (χ4v) is 2.64. The highest BCUT2D eigenvalue weighted by molar-refractivity contribution is 7.09. The first-order valence-corrected chi connectivity index (χ1v) is 7.70. The Bertz CT molecular complexity index is 653. The molecule has 1 amide bonds. The van der Waals surface area contributed by atoms with E-state index in [2.05, 4.69) is 10.6 Å². The molecule has 2 aromatic rings. The molecule has 0 saturated heterocycles. The largest absolute Gasteiger partial charge is 0.465 e. The van der Waals surface area contributed by atoms with E-state index in [1.807, 2.05) is 30.5 Å². The summed E-state index contributed by atoms with van der Waals surface area (Å²) in [5.74, 6) is -0.487. The molecule has 2 rings (SSSR count). The number of ether oxygens (including phenoxy) is 1. The van der Waals surface area contributed by atoms with E-state index in [1.54, 1.807) is 23.5 Å². The van der Waals surface area contributed by atoms with Crippen LogP contribution in [0.3, 0.4) is 0 Å². The molecule has 1 aromatic heterocycles. The van der Waals surface area contributed by atoms with Crippen molar-refractivity contribution < 1.29 is 14.3 Å². The average molecular weight is 318 g/mol. The van der Waals surface area contributed by atoms with Crippen LogP contribution < -0.4 is 10.6 Å². The van der Waals surface area contributed by atoms with Crippen molar-refractivity contribution in [2.45, 2.75) is 13.5 Å². The van der Waals surface area contributed by atoms with Gasteiger partial charge in [-0.1, -0.05) is 12.1 Å². The number of methoxy groups -OCH3 is 1. The number of amides is 1. The van der Waals surface area contributed by atoms with Crippen LogP contribution in [0.4, 0.5) is 5.69 Å². The zero-order chi connectivity index (χ0) is 15.9. The van der Waals surface area contributed by atoms with E-state index in [9.17, 15) is 9.59 Å². The summed E-state index contributed by atoms with van der Waals surface area (Å²) >= 11 is 1.60. The molecular weight excluding hydrogens is 300 g/mol. The van der Waals surface area contributed by atoms with Gasteiger partial charge in [0.25, 0.3) is 0 Å². The standard InChI is InChI=1S/C16H18N2O3S/c1-11-13(16(20)21-2)6-3-7-14(11)17-10-15(19)18-9-12-5-4-8-22-12/h3-8,17H,9-10H2,1-2H3,(H,18,19). The number of anilines is 1. The average Bonchev–Trinajstić information content (AvgIpc) is 3.04. The van der Waals surface area contributed by atoms with E-state index in [4.69, 9.17) is 4.74 Å². The molecule has 116 valence electrons. The highest BCUT2D eigenvalue weighted by Gasteiger charge is 2.12. The minimum atomic E-state index is -0.386. The van der Waals surface area contributed by atoms with Gasteiger partial charge in [-0.25, -0.2) is 4.79 Å². The third-order valence-corrected chi connectivity index (χ3v) is 4.09. The molecule has 0 atom stereocenters. The normalized spacial score (nSPS) is 10.1. The van der Waals surface area contributed by atoms with Crippen molar-refractivity contribution in [1.82, 2.24) is 5.32 Å². The molecule has 0 saturated carbocycles. The maximum atomic E-state index is 11.8. The Balaban J connectivity index is 1.91. The van der Waals surface area contributed by atoms with Crippen molar-refractivity contribution in [2.75, 3.05) is 19.0 Å². The second kappa shape index (κ2) is 7.61. The Labute approximate surface area is 133 Å². The Morgan fingerprint density at radius 2 is 2.05 bits per heavy atom. The Morgan fingerprint density at radius 1 is 1.23 bits per heavy atom. The van der Waals surface area contributed by atoms with Gasteiger partial charge in [0.2, 0.25) is 5.91 Å². The lowest BCUT2D eigenvalue weighted by atomic mass is 10.1. The van der Waals surface area contributed by atoms with Crippen LogP contribution in [0, 0.1) is 6.92 Å². The third-order valence-electron chi connectivity index (χ3n) is 3.22. The molecule has 0 aliphatic rings. The quantitative estimate of drug-likeness (QED) is 0.803. The second-order valence-electron chi connectivity index (χ2n) is 4.68. The lowest BCUT2D eigenvalue weighted by Crippen LogP contribution is -2.29. The number of carbonyl (C=O) groups is 2. The molecule has 22 heavy (non-hydrogen) atoms. The SMILES string of the molecule is COC(=O)c1cccc(NCC(=O)NCc2cccs2)c1C. The molecule has 2 N–H and O–H groups in total. The molecule has 5 nitrogen and oxygen atoms in total. The molecule has 0 bridgehead atoms. The van der Waals surface area contributed by atoms with Crippen molar-refractivity contribution in [3.63, 3.8) is 0 Å². The van der Waals surface area contributed by atoms with E-state index in [0.717, 1.165) is 16.1 Å². The van der Waals surface area contributed by atoms with Crippen LogP contribution in [0.2, 0.25) is 0 Å². The summed E-state index contributed by atoms with van der Waals surface area (Å²) in [6.07, 6.45) is 0. The van der Waals surface area contributed by atoms with Crippen molar-refractivity contribution in [3.05, 3.63) is 51.7 Å². The van der Waals surface area contributed by atoms with Crippen molar-refractivity contribution in [1.29, 1.82) is 0 Å². The Hall–Kier alpha value is -2.34. The van der Waals surface area contributed by atoms with E-state index >= 15 is 0 Å². The smallest absolute Gasteiger partial charge is 0.338 e. The topological polar surface area (TPSA) is 67.4 Å². The van der Waals surface area contributed by atoms with Crippen molar-refractivity contribution in [2.24, 2.45) is 0 Å². The van der Waals surface area contributed by atoms with Gasteiger partial charge in [-0.15, -0.1) is 11.3 Å². The van der Waals surface area contributed by atoms with Crippen LogP contribution in [0.25, 0.3) is 0 Å². The van der Waals surface area contributed by atoms with Crippen LogP contribution in [-0.4, -0.2) is 25.5 Å². The van der Waals surface area contributed by atoms with Crippen molar-refractivity contribution >= 4 is 28.9 Å². The molecule has 0 fully saturated rings. The zero-order valence-electron chi connectivity index (χ0n) is 12.5. The van der Waals surface area contributed by atoms with Crippen LogP contribution in [0.15, 0.2) is 35.7 Å². The summed E-state index contributed by atoms with van der Waals surface area (Å²) in [4.78, 5) is 24.6. The first-order valence-electron chi connectivity index (χ1n) is 6.82. The number of carbonyl (C=O) groups excluding carboxylic acids is 2. The molecule has 0 radical (unpaired) electrons. The maximum absolute atomic E-state index is 11.8. The number of nitrogens with one attached hydrogen (secondary N) is 2. The van der Waals surface area contributed by atoms with Gasteiger partial charge in [-0.3, -0.25) is 4.79 Å². The maximum Gasteiger partial charge on any atom is 0.338 e. The predicted molar refractivity (Wildman–Crippen MR) is 87.2 cm³/mol. The number of hydrogen-bond donors (Lipinski definition) is 2. The molecule has 1 heterocycles. The van der Waals surface area contributed by atoms with Gasteiger partial charge in [0.1, 0.15) is 0 Å². The Kier molecular flexibility index (Phi) is 5.55. The van der Waals surface area contributed by atoms with Gasteiger partial charge >= 0.3 is 5.97 Å². The van der Waals surface area contributed by atoms with Gasteiger partial charge in [-0.2, -0.15) is 0 Å². The van der Waals surface area contributed by atoms with Crippen LogP contribution in [-0.2, 0) is 16.1 Å². The fourth-order valence-electron chi connectivity index (χ4n) is 2.00. The van der Waals surface area contributed by atoms with Gasteiger partial charge in [0.15, 0.2) is 0 Å².